The normalized spacial score (nSPS) is 16.7. The molecule has 1 nitrogen and oxygen atoms in total. The van der Waals surface area contributed by atoms with E-state index >= 15 is 0 Å². The van der Waals surface area contributed by atoms with Gasteiger partial charge in [0.1, 0.15) is 0 Å². The van der Waals surface area contributed by atoms with Crippen molar-refractivity contribution in [2.75, 3.05) is 13.6 Å². The lowest BCUT2D eigenvalue weighted by atomic mass is 9.68. The molecule has 1 aliphatic carbocycles. The maximum absolute atomic E-state index is 4.43. The average Bonchev–Trinajstić information content (AvgIpc) is 2.81. The van der Waals surface area contributed by atoms with Crippen LogP contribution in [0.3, 0.4) is 0 Å². The fourth-order valence-electron chi connectivity index (χ4n) is 6.48. The van der Waals surface area contributed by atoms with Gasteiger partial charge < -0.3 is 5.32 Å². The van der Waals surface area contributed by atoms with E-state index in [9.17, 15) is 0 Å². The second kappa shape index (κ2) is 21.0. The third kappa shape index (κ3) is 16.1. The van der Waals surface area contributed by atoms with Crippen LogP contribution in [-0.4, -0.2) is 13.6 Å². The highest BCUT2D eigenvalue weighted by Crippen LogP contribution is 2.44. The van der Waals surface area contributed by atoms with Gasteiger partial charge in [0.15, 0.2) is 0 Å². The monoisotopic (exact) mass is 461 g/mol. The fourth-order valence-corrected chi connectivity index (χ4v) is 6.48. The summed E-state index contributed by atoms with van der Waals surface area (Å²) in [7, 11) is 2.12. The summed E-state index contributed by atoms with van der Waals surface area (Å²) in [6.07, 6.45) is 34.2. The Bertz CT molecular complexity index is 428. The molecular formula is C32H63N. The first-order valence-corrected chi connectivity index (χ1v) is 15.5. The van der Waals surface area contributed by atoms with Crippen molar-refractivity contribution in [3.8, 4) is 0 Å². The molecule has 0 aromatic rings. The fraction of sp³-hybridized carbons (Fsp3) is 0.938. The molecule has 0 bridgehead atoms. The highest BCUT2D eigenvalue weighted by Gasteiger charge is 2.30. The van der Waals surface area contributed by atoms with Gasteiger partial charge in [-0.05, 0) is 89.1 Å². The van der Waals surface area contributed by atoms with Crippen LogP contribution in [0.1, 0.15) is 168 Å². The maximum Gasteiger partial charge on any atom is -0.00235 e. The minimum atomic E-state index is 0.702. The molecule has 0 amide bonds. The largest absolute Gasteiger partial charge is 0.319 e. The molecule has 1 atom stereocenters. The van der Waals surface area contributed by atoms with E-state index < -0.39 is 0 Å². The van der Waals surface area contributed by atoms with Gasteiger partial charge in [-0.2, -0.15) is 0 Å². The highest BCUT2D eigenvalue weighted by atomic mass is 14.8. The quantitative estimate of drug-likeness (QED) is 0.118. The number of hydrogen-bond acceptors (Lipinski definition) is 1. The highest BCUT2D eigenvalue weighted by molar-refractivity contribution is 4.94. The molecule has 0 saturated heterocycles. The molecule has 1 fully saturated rings. The van der Waals surface area contributed by atoms with E-state index in [0.29, 0.717) is 5.41 Å². The SMILES string of the molecule is C=C(CCCCCCCC(CCCCCCCC)CNC)CCCC1(CCC)CCCCC1. The van der Waals surface area contributed by atoms with Gasteiger partial charge in [-0.25, -0.2) is 0 Å². The molecule has 0 radical (unpaired) electrons. The van der Waals surface area contributed by atoms with E-state index in [1.165, 1.54) is 166 Å². The summed E-state index contributed by atoms with van der Waals surface area (Å²) in [4.78, 5) is 0. The summed E-state index contributed by atoms with van der Waals surface area (Å²) >= 11 is 0. The first-order chi connectivity index (χ1) is 16.2. The van der Waals surface area contributed by atoms with E-state index in [-0.39, 0.29) is 0 Å². The van der Waals surface area contributed by atoms with Crippen LogP contribution in [0, 0.1) is 11.3 Å². The van der Waals surface area contributed by atoms with Crippen molar-refractivity contribution in [2.24, 2.45) is 11.3 Å². The van der Waals surface area contributed by atoms with Crippen molar-refractivity contribution in [2.45, 2.75) is 168 Å². The van der Waals surface area contributed by atoms with Crippen LogP contribution < -0.4 is 5.32 Å². The predicted octanol–water partition coefficient (Wildman–Crippen LogP) is 10.8. The lowest BCUT2D eigenvalue weighted by molar-refractivity contribution is 0.152. The summed E-state index contributed by atoms with van der Waals surface area (Å²) in [5.74, 6) is 0.904. The summed E-state index contributed by atoms with van der Waals surface area (Å²) in [5.41, 5.74) is 2.23. The first kappa shape index (κ1) is 30.7. The number of unbranched alkanes of at least 4 members (excludes halogenated alkanes) is 9. The minimum absolute atomic E-state index is 0.702. The molecule has 0 spiro atoms. The number of rotatable bonds is 23. The van der Waals surface area contributed by atoms with Crippen molar-refractivity contribution < 1.29 is 0 Å². The molecule has 0 heterocycles. The zero-order chi connectivity index (χ0) is 24.0. The van der Waals surface area contributed by atoms with Crippen LogP contribution in [0.5, 0.6) is 0 Å². The molecular weight excluding hydrogens is 398 g/mol. The van der Waals surface area contributed by atoms with Crippen LogP contribution >= 0.6 is 0 Å². The Kier molecular flexibility index (Phi) is 19.6. The summed E-state index contributed by atoms with van der Waals surface area (Å²) < 4.78 is 0. The van der Waals surface area contributed by atoms with E-state index in [1.54, 1.807) is 0 Å². The molecule has 1 rings (SSSR count). The molecule has 1 saturated carbocycles. The third-order valence-corrected chi connectivity index (χ3v) is 8.53. The van der Waals surface area contributed by atoms with Gasteiger partial charge in [0.25, 0.3) is 0 Å². The Morgan fingerprint density at radius 1 is 0.697 bits per heavy atom. The van der Waals surface area contributed by atoms with E-state index in [0.717, 1.165) is 5.92 Å². The van der Waals surface area contributed by atoms with Gasteiger partial charge in [0.05, 0.1) is 0 Å². The molecule has 0 aromatic heterocycles. The Morgan fingerprint density at radius 2 is 1.27 bits per heavy atom. The molecule has 1 N–H and O–H groups in total. The van der Waals surface area contributed by atoms with Crippen LogP contribution in [0.25, 0.3) is 0 Å². The smallest absolute Gasteiger partial charge is 0.00235 e. The van der Waals surface area contributed by atoms with E-state index in [4.69, 9.17) is 0 Å². The third-order valence-electron chi connectivity index (χ3n) is 8.53. The maximum atomic E-state index is 4.43. The molecule has 1 unspecified atom stereocenters. The number of hydrogen-bond donors (Lipinski definition) is 1. The van der Waals surface area contributed by atoms with Crippen molar-refractivity contribution in [1.82, 2.24) is 5.32 Å². The first-order valence-electron chi connectivity index (χ1n) is 15.5. The molecule has 196 valence electrons. The summed E-state index contributed by atoms with van der Waals surface area (Å²) in [5, 5.41) is 3.44. The van der Waals surface area contributed by atoms with Crippen LogP contribution in [0.15, 0.2) is 12.2 Å². The van der Waals surface area contributed by atoms with Crippen molar-refractivity contribution in [1.29, 1.82) is 0 Å². The average molecular weight is 462 g/mol. The Labute approximate surface area is 210 Å². The number of nitrogens with one attached hydrogen (secondary N) is 1. The Hall–Kier alpha value is -0.300. The van der Waals surface area contributed by atoms with E-state index in [2.05, 4.69) is 32.8 Å². The van der Waals surface area contributed by atoms with Crippen LogP contribution in [-0.2, 0) is 0 Å². The van der Waals surface area contributed by atoms with Crippen molar-refractivity contribution in [3.05, 3.63) is 12.2 Å². The molecule has 1 heteroatoms. The van der Waals surface area contributed by atoms with Crippen LogP contribution in [0.4, 0.5) is 0 Å². The second-order valence-corrected chi connectivity index (χ2v) is 11.7. The Morgan fingerprint density at radius 3 is 1.88 bits per heavy atom. The minimum Gasteiger partial charge on any atom is -0.319 e. The zero-order valence-electron chi connectivity index (χ0n) is 23.5. The van der Waals surface area contributed by atoms with Gasteiger partial charge in [-0.3, -0.25) is 0 Å². The van der Waals surface area contributed by atoms with Gasteiger partial charge in [-0.1, -0.05) is 116 Å². The Balaban J connectivity index is 2.01. The number of allylic oxidation sites excluding steroid dienone is 1. The van der Waals surface area contributed by atoms with Gasteiger partial charge in [-0.15, -0.1) is 0 Å². The van der Waals surface area contributed by atoms with Gasteiger partial charge in [0.2, 0.25) is 0 Å². The van der Waals surface area contributed by atoms with Gasteiger partial charge in [0, 0.05) is 0 Å². The molecule has 0 aromatic carbocycles. The van der Waals surface area contributed by atoms with Crippen molar-refractivity contribution in [3.63, 3.8) is 0 Å². The van der Waals surface area contributed by atoms with Crippen molar-refractivity contribution >= 4 is 0 Å². The lowest BCUT2D eigenvalue weighted by Gasteiger charge is -2.37. The zero-order valence-corrected chi connectivity index (χ0v) is 23.5. The standard InChI is InChI=1S/C32H63N/c1-5-7-8-9-12-16-23-31(29-33-4)24-17-13-10-11-15-21-30(3)22-20-28-32(25-6-2)26-18-14-19-27-32/h31,33H,3,5-29H2,1-2,4H3. The predicted molar refractivity (Wildman–Crippen MR) is 151 cm³/mol. The summed E-state index contributed by atoms with van der Waals surface area (Å²) in [6.45, 7) is 10.3. The molecule has 33 heavy (non-hydrogen) atoms. The molecule has 1 aliphatic rings. The molecule has 0 aliphatic heterocycles. The van der Waals surface area contributed by atoms with E-state index in [1.807, 2.05) is 0 Å². The topological polar surface area (TPSA) is 12.0 Å². The van der Waals surface area contributed by atoms with Gasteiger partial charge >= 0.3 is 0 Å². The summed E-state index contributed by atoms with van der Waals surface area (Å²) in [6, 6.07) is 0. The lowest BCUT2D eigenvalue weighted by Crippen LogP contribution is -2.23. The second-order valence-electron chi connectivity index (χ2n) is 11.7. The van der Waals surface area contributed by atoms with Crippen LogP contribution in [0.2, 0.25) is 0 Å².